The molecule has 1 saturated heterocycles. The average molecular weight is 354 g/mol. The number of aromatic nitrogens is 1. The number of carboxylic acid groups (broad SMARTS) is 1. The molecule has 26 heavy (non-hydrogen) atoms. The number of carbonyl (C=O) groups is 1. The van der Waals surface area contributed by atoms with Gasteiger partial charge in [0.05, 0.1) is 0 Å². The maximum absolute atomic E-state index is 10.8. The van der Waals surface area contributed by atoms with E-state index in [9.17, 15) is 4.79 Å². The maximum Gasteiger partial charge on any atom is 0.341 e. The predicted octanol–water partition coefficient (Wildman–Crippen LogP) is 3.31. The van der Waals surface area contributed by atoms with Crippen LogP contribution in [0.3, 0.4) is 0 Å². The highest BCUT2D eigenvalue weighted by atomic mass is 16.5. The van der Waals surface area contributed by atoms with Gasteiger partial charge in [0, 0.05) is 30.0 Å². The van der Waals surface area contributed by atoms with Crippen LogP contribution in [0.4, 0.5) is 0 Å². The van der Waals surface area contributed by atoms with E-state index in [2.05, 4.69) is 22.0 Å². The molecule has 138 valence electrons. The molecule has 0 amide bonds. The monoisotopic (exact) mass is 354 g/mol. The zero-order valence-corrected chi connectivity index (χ0v) is 15.2. The Kier molecular flexibility index (Phi) is 6.23. The van der Waals surface area contributed by atoms with E-state index in [0.29, 0.717) is 11.7 Å². The summed E-state index contributed by atoms with van der Waals surface area (Å²) in [7, 11) is 0. The van der Waals surface area contributed by atoms with Crippen molar-refractivity contribution < 1.29 is 14.6 Å². The number of aryl methyl sites for hydroxylation is 1. The highest BCUT2D eigenvalue weighted by molar-refractivity contribution is 5.68. The topological polar surface area (TPSA) is 62.7 Å². The Morgan fingerprint density at radius 1 is 1.27 bits per heavy atom. The summed E-state index contributed by atoms with van der Waals surface area (Å²) < 4.78 is 5.44. The van der Waals surface area contributed by atoms with E-state index in [0.717, 1.165) is 37.3 Å². The van der Waals surface area contributed by atoms with E-state index in [1.165, 1.54) is 18.5 Å². The van der Waals surface area contributed by atoms with Crippen molar-refractivity contribution in [3.63, 3.8) is 0 Å². The van der Waals surface area contributed by atoms with E-state index in [1.807, 2.05) is 37.3 Å². The number of hydrogen-bond donors (Lipinski definition) is 1. The van der Waals surface area contributed by atoms with Gasteiger partial charge in [0.2, 0.25) is 0 Å². The van der Waals surface area contributed by atoms with Gasteiger partial charge in [0.1, 0.15) is 5.75 Å². The molecule has 1 fully saturated rings. The minimum Gasteiger partial charge on any atom is -0.482 e. The standard InChI is InChI=1S/C21H26N2O3/c1-16-6-4-9-19(22-16)12-17-7-5-11-23(13-17)14-18-8-2-3-10-20(18)26-15-21(24)25/h2-4,6,8-10,17H,5,7,11-15H2,1H3,(H,24,25)/t17-/m1/s1. The Balaban J connectivity index is 1.61. The fourth-order valence-electron chi connectivity index (χ4n) is 3.63. The van der Waals surface area contributed by atoms with Gasteiger partial charge in [-0.25, -0.2) is 4.79 Å². The number of rotatable bonds is 7. The quantitative estimate of drug-likeness (QED) is 0.826. The molecule has 1 aromatic carbocycles. The van der Waals surface area contributed by atoms with Gasteiger partial charge >= 0.3 is 5.97 Å². The Hall–Kier alpha value is -2.40. The van der Waals surface area contributed by atoms with Crippen molar-refractivity contribution in [2.75, 3.05) is 19.7 Å². The van der Waals surface area contributed by atoms with Gasteiger partial charge in [-0.3, -0.25) is 9.88 Å². The van der Waals surface area contributed by atoms with Crippen molar-refractivity contribution in [3.05, 3.63) is 59.4 Å². The summed E-state index contributed by atoms with van der Waals surface area (Å²) in [5.41, 5.74) is 3.28. The number of ether oxygens (including phenoxy) is 1. The lowest BCUT2D eigenvalue weighted by Gasteiger charge is -2.33. The molecule has 0 radical (unpaired) electrons. The molecule has 1 atom stereocenters. The van der Waals surface area contributed by atoms with Crippen LogP contribution in [0.25, 0.3) is 0 Å². The van der Waals surface area contributed by atoms with Crippen LogP contribution in [0.5, 0.6) is 5.75 Å². The number of para-hydroxylation sites is 1. The first-order chi connectivity index (χ1) is 12.6. The van der Waals surface area contributed by atoms with Crippen molar-refractivity contribution in [2.24, 2.45) is 5.92 Å². The smallest absolute Gasteiger partial charge is 0.341 e. The molecule has 2 heterocycles. The van der Waals surface area contributed by atoms with Crippen LogP contribution in [0.2, 0.25) is 0 Å². The third kappa shape index (κ3) is 5.30. The van der Waals surface area contributed by atoms with Gasteiger partial charge in [0.25, 0.3) is 0 Å². The van der Waals surface area contributed by atoms with E-state index in [-0.39, 0.29) is 6.61 Å². The van der Waals surface area contributed by atoms with Gasteiger partial charge in [0.15, 0.2) is 6.61 Å². The van der Waals surface area contributed by atoms with E-state index in [1.54, 1.807) is 0 Å². The first-order valence-corrected chi connectivity index (χ1v) is 9.17. The lowest BCUT2D eigenvalue weighted by Crippen LogP contribution is -2.36. The summed E-state index contributed by atoms with van der Waals surface area (Å²) in [6.07, 6.45) is 3.41. The highest BCUT2D eigenvalue weighted by Crippen LogP contribution is 2.25. The summed E-state index contributed by atoms with van der Waals surface area (Å²) in [4.78, 5) is 17.8. The van der Waals surface area contributed by atoms with Crippen molar-refractivity contribution in [3.8, 4) is 5.75 Å². The molecule has 2 aromatic rings. The van der Waals surface area contributed by atoms with Gasteiger partial charge in [-0.2, -0.15) is 0 Å². The third-order valence-corrected chi connectivity index (χ3v) is 4.76. The molecule has 0 aliphatic carbocycles. The molecule has 0 saturated carbocycles. The van der Waals surface area contributed by atoms with Crippen molar-refractivity contribution in [1.29, 1.82) is 0 Å². The Morgan fingerprint density at radius 3 is 2.92 bits per heavy atom. The van der Waals surface area contributed by atoms with Crippen LogP contribution < -0.4 is 4.74 Å². The predicted molar refractivity (Wildman–Crippen MR) is 100 cm³/mol. The minimum absolute atomic E-state index is 0.307. The number of nitrogens with zero attached hydrogens (tertiary/aromatic N) is 2. The summed E-state index contributed by atoms with van der Waals surface area (Å²) in [5, 5.41) is 8.84. The van der Waals surface area contributed by atoms with Crippen LogP contribution in [0, 0.1) is 12.8 Å². The van der Waals surface area contributed by atoms with Crippen molar-refractivity contribution in [1.82, 2.24) is 9.88 Å². The van der Waals surface area contributed by atoms with E-state index < -0.39 is 5.97 Å². The molecular weight excluding hydrogens is 328 g/mol. The molecule has 0 spiro atoms. The van der Waals surface area contributed by atoms with Crippen LogP contribution >= 0.6 is 0 Å². The van der Waals surface area contributed by atoms with Crippen LogP contribution in [-0.2, 0) is 17.8 Å². The molecule has 1 aliphatic rings. The highest BCUT2D eigenvalue weighted by Gasteiger charge is 2.21. The summed E-state index contributed by atoms with van der Waals surface area (Å²) >= 11 is 0. The Bertz CT molecular complexity index is 748. The number of aliphatic carboxylic acids is 1. The molecule has 0 unspecified atom stereocenters. The molecule has 1 aliphatic heterocycles. The number of piperidine rings is 1. The summed E-state index contributed by atoms with van der Waals surface area (Å²) in [6.45, 7) is 4.60. The van der Waals surface area contributed by atoms with Gasteiger partial charge in [-0.1, -0.05) is 24.3 Å². The number of carboxylic acids is 1. The Labute approximate surface area is 154 Å². The molecule has 3 rings (SSSR count). The second kappa shape index (κ2) is 8.81. The molecule has 1 aromatic heterocycles. The molecule has 5 heteroatoms. The van der Waals surface area contributed by atoms with E-state index >= 15 is 0 Å². The number of pyridine rings is 1. The number of benzene rings is 1. The minimum atomic E-state index is -0.955. The lowest BCUT2D eigenvalue weighted by atomic mass is 9.92. The van der Waals surface area contributed by atoms with Gasteiger partial charge in [-0.05, 0) is 56.8 Å². The fourth-order valence-corrected chi connectivity index (χ4v) is 3.63. The third-order valence-electron chi connectivity index (χ3n) is 4.76. The number of hydrogen-bond acceptors (Lipinski definition) is 4. The summed E-state index contributed by atoms with van der Waals surface area (Å²) in [5.74, 6) is 0.311. The van der Waals surface area contributed by atoms with E-state index in [4.69, 9.17) is 9.84 Å². The van der Waals surface area contributed by atoms with Crippen LogP contribution in [0.1, 0.15) is 29.8 Å². The van der Waals surface area contributed by atoms with Gasteiger partial charge < -0.3 is 9.84 Å². The first kappa shape index (κ1) is 18.4. The molecular formula is C21H26N2O3. The fraction of sp³-hybridized carbons (Fsp3) is 0.429. The van der Waals surface area contributed by atoms with Crippen molar-refractivity contribution >= 4 is 5.97 Å². The lowest BCUT2D eigenvalue weighted by molar-refractivity contribution is -0.139. The van der Waals surface area contributed by atoms with Crippen LogP contribution in [0.15, 0.2) is 42.5 Å². The maximum atomic E-state index is 10.8. The second-order valence-corrected chi connectivity index (χ2v) is 7.01. The summed E-state index contributed by atoms with van der Waals surface area (Å²) in [6, 6.07) is 13.9. The molecule has 0 bridgehead atoms. The van der Waals surface area contributed by atoms with Crippen LogP contribution in [-0.4, -0.2) is 40.7 Å². The largest absolute Gasteiger partial charge is 0.482 e. The molecule has 5 nitrogen and oxygen atoms in total. The van der Waals surface area contributed by atoms with Crippen molar-refractivity contribution in [2.45, 2.75) is 32.7 Å². The zero-order chi connectivity index (χ0) is 18.4. The SMILES string of the molecule is Cc1cccc(C[C@H]2CCCN(Cc3ccccc3OCC(=O)O)C2)n1. The Morgan fingerprint density at radius 2 is 2.12 bits per heavy atom. The zero-order valence-electron chi connectivity index (χ0n) is 15.2. The first-order valence-electron chi connectivity index (χ1n) is 9.17. The second-order valence-electron chi connectivity index (χ2n) is 7.01. The molecule has 1 N–H and O–H groups in total. The number of likely N-dealkylation sites (tertiary alicyclic amines) is 1. The normalized spacial score (nSPS) is 17.8. The van der Waals surface area contributed by atoms with Gasteiger partial charge in [-0.15, -0.1) is 0 Å². The average Bonchev–Trinajstić information content (AvgIpc) is 2.61.